The van der Waals surface area contributed by atoms with Crippen molar-refractivity contribution in [2.75, 3.05) is 5.32 Å². The fourth-order valence-electron chi connectivity index (χ4n) is 2.95. The zero-order valence-corrected chi connectivity index (χ0v) is 17.1. The molecule has 152 valence electrons. The summed E-state index contributed by atoms with van der Waals surface area (Å²) in [7, 11) is -3.47. The summed E-state index contributed by atoms with van der Waals surface area (Å²) in [6.45, 7) is 3.18. The number of fused-ring (bicyclic) bond motifs is 1. The quantitative estimate of drug-likeness (QED) is 0.510. The Bertz CT molecular complexity index is 1310. The molecule has 4 rings (SSSR count). The van der Waals surface area contributed by atoms with Crippen molar-refractivity contribution in [3.05, 3.63) is 66.7 Å². The van der Waals surface area contributed by atoms with E-state index in [9.17, 15) is 13.2 Å². The van der Waals surface area contributed by atoms with Crippen molar-refractivity contribution < 1.29 is 13.2 Å². The van der Waals surface area contributed by atoms with Crippen LogP contribution in [-0.4, -0.2) is 39.7 Å². The lowest BCUT2D eigenvalue weighted by Gasteiger charge is -2.08. The maximum Gasteiger partial charge on any atom is 0.276 e. The van der Waals surface area contributed by atoms with Crippen molar-refractivity contribution in [2.24, 2.45) is 0 Å². The van der Waals surface area contributed by atoms with Gasteiger partial charge in [0.05, 0.1) is 22.7 Å². The molecule has 0 aliphatic rings. The first-order valence-corrected chi connectivity index (χ1v) is 10.8. The highest BCUT2D eigenvalue weighted by Gasteiger charge is 2.21. The molecule has 30 heavy (non-hydrogen) atoms. The third kappa shape index (κ3) is 3.67. The van der Waals surface area contributed by atoms with Gasteiger partial charge in [0, 0.05) is 23.3 Å². The number of aromatic nitrogens is 4. The summed E-state index contributed by atoms with van der Waals surface area (Å²) < 4.78 is 24.4. The third-order valence-electron chi connectivity index (χ3n) is 4.68. The van der Waals surface area contributed by atoms with Gasteiger partial charge in [-0.2, -0.15) is 5.10 Å². The van der Waals surface area contributed by atoms with E-state index >= 15 is 0 Å². The predicted octanol–water partition coefficient (Wildman–Crippen LogP) is 3.45. The van der Waals surface area contributed by atoms with Crippen LogP contribution in [0.3, 0.4) is 0 Å². The van der Waals surface area contributed by atoms with Gasteiger partial charge < -0.3 is 5.32 Å². The molecule has 0 saturated carbocycles. The molecule has 0 unspecified atom stereocenters. The first-order valence-electron chi connectivity index (χ1n) is 9.26. The van der Waals surface area contributed by atoms with Gasteiger partial charge in [-0.3, -0.25) is 14.9 Å². The van der Waals surface area contributed by atoms with Crippen LogP contribution in [0, 0.1) is 0 Å². The molecular formula is C21H19N5O3S. The number of benzene rings is 1. The Morgan fingerprint density at radius 1 is 1.07 bits per heavy atom. The molecule has 0 radical (unpaired) electrons. The number of sulfone groups is 1. The molecule has 1 aromatic carbocycles. The van der Waals surface area contributed by atoms with Gasteiger partial charge in [0.15, 0.2) is 20.6 Å². The topological polar surface area (TPSA) is 118 Å². The average molecular weight is 421 g/mol. The highest BCUT2D eigenvalue weighted by atomic mass is 32.2. The maximum atomic E-state index is 12.8. The van der Waals surface area contributed by atoms with Crippen LogP contribution in [0.5, 0.6) is 0 Å². The van der Waals surface area contributed by atoms with Crippen molar-refractivity contribution in [1.29, 1.82) is 0 Å². The SMILES string of the molecule is CC(C)S(=O)(=O)c1ccc(NC(=O)c2n[nH]c3ccc(-c4cccnc4)cc23)cn1. The number of anilines is 1. The smallest absolute Gasteiger partial charge is 0.276 e. The van der Waals surface area contributed by atoms with Crippen molar-refractivity contribution in [2.45, 2.75) is 24.1 Å². The van der Waals surface area contributed by atoms with Crippen molar-refractivity contribution >= 4 is 32.3 Å². The second kappa shape index (κ2) is 7.68. The van der Waals surface area contributed by atoms with Crippen LogP contribution in [0.15, 0.2) is 66.1 Å². The third-order valence-corrected chi connectivity index (χ3v) is 6.74. The van der Waals surface area contributed by atoms with Crippen LogP contribution in [0.1, 0.15) is 24.3 Å². The number of hydrogen-bond donors (Lipinski definition) is 2. The van der Waals surface area contributed by atoms with Crippen LogP contribution >= 0.6 is 0 Å². The summed E-state index contributed by atoms with van der Waals surface area (Å²) >= 11 is 0. The zero-order chi connectivity index (χ0) is 21.3. The molecule has 0 aliphatic heterocycles. The van der Waals surface area contributed by atoms with Crippen molar-refractivity contribution in [3.63, 3.8) is 0 Å². The fourth-order valence-corrected chi connectivity index (χ4v) is 3.89. The predicted molar refractivity (Wildman–Crippen MR) is 114 cm³/mol. The summed E-state index contributed by atoms with van der Waals surface area (Å²) in [4.78, 5) is 20.9. The Morgan fingerprint density at radius 2 is 1.90 bits per heavy atom. The van der Waals surface area contributed by atoms with Gasteiger partial charge in [-0.1, -0.05) is 12.1 Å². The molecule has 3 heterocycles. The van der Waals surface area contributed by atoms with E-state index in [2.05, 4.69) is 25.5 Å². The summed E-state index contributed by atoms with van der Waals surface area (Å²) in [5.74, 6) is -0.425. The molecular weight excluding hydrogens is 402 g/mol. The van der Waals surface area contributed by atoms with E-state index in [4.69, 9.17) is 0 Å². The van der Waals surface area contributed by atoms with Gasteiger partial charge in [0.2, 0.25) is 0 Å². The Morgan fingerprint density at radius 3 is 2.57 bits per heavy atom. The Kier molecular flexibility index (Phi) is 5.04. The monoisotopic (exact) mass is 421 g/mol. The Hall–Kier alpha value is -3.59. The number of amides is 1. The second-order valence-electron chi connectivity index (χ2n) is 7.01. The van der Waals surface area contributed by atoms with E-state index in [1.165, 1.54) is 18.3 Å². The van der Waals surface area contributed by atoms with Gasteiger partial charge in [-0.25, -0.2) is 13.4 Å². The zero-order valence-electron chi connectivity index (χ0n) is 16.3. The van der Waals surface area contributed by atoms with Crippen LogP contribution < -0.4 is 5.32 Å². The summed E-state index contributed by atoms with van der Waals surface area (Å²) in [6, 6.07) is 12.3. The lowest BCUT2D eigenvalue weighted by molar-refractivity contribution is 0.102. The molecule has 0 aliphatic carbocycles. The van der Waals surface area contributed by atoms with E-state index in [1.807, 2.05) is 30.3 Å². The molecule has 0 fully saturated rings. The first kappa shape index (κ1) is 19.7. The number of nitrogens with zero attached hydrogens (tertiary/aromatic N) is 3. The molecule has 9 heteroatoms. The number of rotatable bonds is 5. The van der Waals surface area contributed by atoms with E-state index in [1.54, 1.807) is 26.2 Å². The van der Waals surface area contributed by atoms with E-state index in [0.29, 0.717) is 11.1 Å². The number of aromatic amines is 1. The first-order chi connectivity index (χ1) is 14.4. The number of nitrogens with one attached hydrogen (secondary N) is 2. The lowest BCUT2D eigenvalue weighted by Crippen LogP contribution is -2.16. The molecule has 8 nitrogen and oxygen atoms in total. The number of hydrogen-bond acceptors (Lipinski definition) is 6. The van der Waals surface area contributed by atoms with Gasteiger partial charge in [0.25, 0.3) is 5.91 Å². The summed E-state index contributed by atoms with van der Waals surface area (Å²) in [6.07, 6.45) is 4.77. The van der Waals surface area contributed by atoms with Gasteiger partial charge in [-0.15, -0.1) is 0 Å². The van der Waals surface area contributed by atoms with Gasteiger partial charge >= 0.3 is 0 Å². The number of carbonyl (C=O) groups excluding carboxylic acids is 1. The second-order valence-corrected chi connectivity index (χ2v) is 9.46. The fraction of sp³-hybridized carbons (Fsp3) is 0.143. The Labute approximate surface area is 173 Å². The molecule has 4 aromatic rings. The minimum atomic E-state index is -3.47. The Balaban J connectivity index is 1.61. The van der Waals surface area contributed by atoms with Crippen LogP contribution in [0.2, 0.25) is 0 Å². The highest BCUT2D eigenvalue weighted by molar-refractivity contribution is 7.91. The maximum absolute atomic E-state index is 12.8. The lowest BCUT2D eigenvalue weighted by atomic mass is 10.0. The molecule has 1 amide bonds. The van der Waals surface area contributed by atoms with Crippen LogP contribution in [0.4, 0.5) is 5.69 Å². The van der Waals surface area contributed by atoms with Crippen molar-refractivity contribution in [3.8, 4) is 11.1 Å². The molecule has 0 bridgehead atoms. The number of carbonyl (C=O) groups is 1. The minimum Gasteiger partial charge on any atom is -0.319 e. The molecule has 2 N–H and O–H groups in total. The molecule has 0 saturated heterocycles. The largest absolute Gasteiger partial charge is 0.319 e. The number of pyridine rings is 2. The standard InChI is InChI=1S/C21H19N5O3S/c1-13(2)30(28,29)19-8-6-16(12-23-19)24-21(27)20-17-10-14(5-7-18(17)25-26-20)15-4-3-9-22-11-15/h3-13H,1-2H3,(H,24,27)(H,25,26). The minimum absolute atomic E-state index is 0.0261. The molecule has 3 aromatic heterocycles. The highest BCUT2D eigenvalue weighted by Crippen LogP contribution is 2.25. The normalized spacial score (nSPS) is 11.7. The number of H-pyrrole nitrogens is 1. The van der Waals surface area contributed by atoms with Gasteiger partial charge in [0.1, 0.15) is 0 Å². The summed E-state index contributed by atoms with van der Waals surface area (Å²) in [5, 5.41) is 9.77. The average Bonchev–Trinajstić information content (AvgIpc) is 3.18. The summed E-state index contributed by atoms with van der Waals surface area (Å²) in [5.41, 5.74) is 3.18. The van der Waals surface area contributed by atoms with Crippen LogP contribution in [0.25, 0.3) is 22.0 Å². The van der Waals surface area contributed by atoms with Gasteiger partial charge in [-0.05, 0) is 49.7 Å². The molecule has 0 atom stereocenters. The van der Waals surface area contributed by atoms with Crippen LogP contribution in [-0.2, 0) is 9.84 Å². The van der Waals surface area contributed by atoms with E-state index in [0.717, 1.165) is 16.6 Å². The van der Waals surface area contributed by atoms with E-state index < -0.39 is 21.0 Å². The molecule has 0 spiro atoms. The van der Waals surface area contributed by atoms with E-state index in [-0.39, 0.29) is 10.7 Å². The van der Waals surface area contributed by atoms with Crippen molar-refractivity contribution in [1.82, 2.24) is 20.2 Å².